The maximum absolute atomic E-state index is 13.6. The highest BCUT2D eigenvalue weighted by atomic mass is 32.2. The van der Waals surface area contributed by atoms with Gasteiger partial charge in [-0.05, 0) is 42.5 Å². The molecule has 1 N–H and O–H groups in total. The van der Waals surface area contributed by atoms with Gasteiger partial charge in [0.05, 0.1) is 18.6 Å². The predicted molar refractivity (Wildman–Crippen MR) is 125 cm³/mol. The Hall–Kier alpha value is -4.19. The molecule has 0 aliphatic rings. The molecule has 0 amide bonds. The number of thioether (sulfide) groups is 1. The fourth-order valence-electron chi connectivity index (χ4n) is 3.67. The van der Waals surface area contributed by atoms with Crippen LogP contribution in [0.3, 0.4) is 0 Å². The third kappa shape index (κ3) is 4.54. The Balaban J connectivity index is 1.59. The van der Waals surface area contributed by atoms with Crippen LogP contribution < -0.4 is 10.3 Å². The highest BCUT2D eigenvalue weighted by Crippen LogP contribution is 2.30. The lowest BCUT2D eigenvalue weighted by molar-refractivity contribution is -0.274. The number of furan rings is 1. The van der Waals surface area contributed by atoms with E-state index in [4.69, 9.17) is 9.40 Å². The SMILES string of the molecule is COC(=O)c1ccc(CSc2nc3c([nH]c4ccccc43)c(=O)n2-c2ccc(OC(F)(F)F)cc2)o1. The van der Waals surface area contributed by atoms with E-state index in [1.165, 1.54) is 29.9 Å². The van der Waals surface area contributed by atoms with Crippen molar-refractivity contribution in [1.82, 2.24) is 14.5 Å². The van der Waals surface area contributed by atoms with Crippen LogP contribution >= 0.6 is 11.8 Å². The van der Waals surface area contributed by atoms with E-state index in [0.717, 1.165) is 29.3 Å². The zero-order valence-electron chi connectivity index (χ0n) is 18.5. The van der Waals surface area contributed by atoms with Gasteiger partial charge in [0.25, 0.3) is 5.56 Å². The highest BCUT2D eigenvalue weighted by Gasteiger charge is 2.31. The second kappa shape index (κ2) is 9.11. The number of fused-ring (bicyclic) bond motifs is 3. The molecule has 12 heteroatoms. The molecule has 5 rings (SSSR count). The smallest absolute Gasteiger partial charge is 0.463 e. The first-order valence-corrected chi connectivity index (χ1v) is 11.4. The quantitative estimate of drug-likeness (QED) is 0.183. The van der Waals surface area contributed by atoms with Crippen LogP contribution in [0.4, 0.5) is 13.2 Å². The molecule has 36 heavy (non-hydrogen) atoms. The molecule has 2 aromatic carbocycles. The van der Waals surface area contributed by atoms with Gasteiger partial charge in [0.1, 0.15) is 22.5 Å². The Labute approximate surface area is 204 Å². The zero-order chi connectivity index (χ0) is 25.4. The molecule has 0 aliphatic heterocycles. The number of methoxy groups -OCH3 is 1. The minimum absolute atomic E-state index is 0.0331. The van der Waals surface area contributed by atoms with Crippen molar-refractivity contribution in [2.24, 2.45) is 0 Å². The molecule has 3 heterocycles. The zero-order valence-corrected chi connectivity index (χ0v) is 19.3. The molecule has 0 fully saturated rings. The van der Waals surface area contributed by atoms with Crippen LogP contribution in [0, 0.1) is 0 Å². The summed E-state index contributed by atoms with van der Waals surface area (Å²) in [7, 11) is 1.24. The van der Waals surface area contributed by atoms with Gasteiger partial charge in [-0.3, -0.25) is 9.36 Å². The van der Waals surface area contributed by atoms with E-state index < -0.39 is 23.6 Å². The number of esters is 1. The van der Waals surface area contributed by atoms with Crippen LogP contribution in [0.25, 0.3) is 27.6 Å². The normalized spacial score (nSPS) is 11.8. The molecular weight excluding hydrogens is 499 g/mol. The van der Waals surface area contributed by atoms with Crippen molar-refractivity contribution in [2.75, 3.05) is 7.11 Å². The van der Waals surface area contributed by atoms with Crippen LogP contribution in [0.15, 0.2) is 75.0 Å². The van der Waals surface area contributed by atoms with Gasteiger partial charge in [-0.15, -0.1) is 13.2 Å². The number of halogens is 3. The minimum atomic E-state index is -4.84. The topological polar surface area (TPSA) is 99.3 Å². The molecular formula is C24H16F3N3O5S. The fourth-order valence-corrected chi connectivity index (χ4v) is 4.56. The predicted octanol–water partition coefficient (Wildman–Crippen LogP) is 5.44. The molecule has 0 aliphatic carbocycles. The summed E-state index contributed by atoms with van der Waals surface area (Å²) in [5.74, 6) is -0.353. The van der Waals surface area contributed by atoms with Crippen LogP contribution in [0.1, 0.15) is 16.3 Å². The largest absolute Gasteiger partial charge is 0.573 e. The third-order valence-corrected chi connectivity index (χ3v) is 6.18. The molecule has 0 saturated heterocycles. The first kappa shape index (κ1) is 23.5. The van der Waals surface area contributed by atoms with Crippen molar-refractivity contribution >= 4 is 39.7 Å². The second-order valence-electron chi connectivity index (χ2n) is 7.52. The van der Waals surface area contributed by atoms with Gasteiger partial charge in [0, 0.05) is 10.9 Å². The summed E-state index contributed by atoms with van der Waals surface area (Å²) in [6.45, 7) is 0. The number of benzene rings is 2. The molecule has 0 unspecified atom stereocenters. The number of carbonyl (C=O) groups excluding carboxylic acids is 1. The van der Waals surface area contributed by atoms with Crippen molar-refractivity contribution < 1.29 is 31.9 Å². The number of aromatic nitrogens is 3. The van der Waals surface area contributed by atoms with Crippen molar-refractivity contribution in [3.63, 3.8) is 0 Å². The Morgan fingerprint density at radius 2 is 1.86 bits per heavy atom. The van der Waals surface area contributed by atoms with Crippen molar-refractivity contribution in [3.05, 3.63) is 82.5 Å². The lowest BCUT2D eigenvalue weighted by Crippen LogP contribution is -2.22. The number of rotatable bonds is 6. The summed E-state index contributed by atoms with van der Waals surface area (Å²) in [4.78, 5) is 33.0. The molecule has 0 saturated carbocycles. The van der Waals surface area contributed by atoms with E-state index in [1.807, 2.05) is 24.3 Å². The van der Waals surface area contributed by atoms with Gasteiger partial charge in [0.15, 0.2) is 5.16 Å². The average molecular weight is 515 g/mol. The summed E-state index contributed by atoms with van der Waals surface area (Å²) in [5.41, 5.74) is 1.29. The summed E-state index contributed by atoms with van der Waals surface area (Å²) >= 11 is 1.16. The number of hydrogen-bond donors (Lipinski definition) is 1. The number of H-pyrrole nitrogens is 1. The van der Waals surface area contributed by atoms with Crippen LogP contribution in [-0.2, 0) is 10.5 Å². The lowest BCUT2D eigenvalue weighted by atomic mass is 10.2. The number of nitrogens with zero attached hydrogens (tertiary/aromatic N) is 2. The maximum atomic E-state index is 13.6. The molecule has 8 nitrogen and oxygen atoms in total. The number of alkyl halides is 3. The lowest BCUT2D eigenvalue weighted by Gasteiger charge is -2.13. The van der Waals surface area contributed by atoms with Crippen LogP contribution in [0.2, 0.25) is 0 Å². The van der Waals surface area contributed by atoms with Gasteiger partial charge in [-0.25, -0.2) is 9.78 Å². The molecule has 0 spiro atoms. The highest BCUT2D eigenvalue weighted by molar-refractivity contribution is 7.98. The monoisotopic (exact) mass is 515 g/mol. The Bertz CT molecular complexity index is 1640. The molecule has 0 bridgehead atoms. The van der Waals surface area contributed by atoms with E-state index in [2.05, 4.69) is 14.5 Å². The number of ether oxygens (including phenoxy) is 2. The number of hydrogen-bond acceptors (Lipinski definition) is 7. The van der Waals surface area contributed by atoms with Gasteiger partial charge >= 0.3 is 12.3 Å². The maximum Gasteiger partial charge on any atom is 0.573 e. The molecule has 184 valence electrons. The van der Waals surface area contributed by atoms with E-state index in [-0.39, 0.29) is 22.2 Å². The fraction of sp³-hybridized carbons (Fsp3) is 0.125. The first-order valence-electron chi connectivity index (χ1n) is 10.4. The van der Waals surface area contributed by atoms with Gasteiger partial charge in [0.2, 0.25) is 5.76 Å². The Kier molecular flexibility index (Phi) is 5.96. The van der Waals surface area contributed by atoms with E-state index in [9.17, 15) is 22.8 Å². The Morgan fingerprint density at radius 1 is 1.11 bits per heavy atom. The Morgan fingerprint density at radius 3 is 2.58 bits per heavy atom. The standard InChI is InChI=1S/C24H16F3N3O5S/c1-33-22(32)18-11-10-15(34-18)12-36-23-29-19-16-4-2-3-5-17(16)28-20(19)21(31)30(23)13-6-8-14(9-7-13)35-24(25,26)27/h2-11,28H,12H2,1H3. The number of carbonyl (C=O) groups is 1. The van der Waals surface area contributed by atoms with E-state index in [1.54, 1.807) is 6.07 Å². The van der Waals surface area contributed by atoms with Crippen molar-refractivity contribution in [2.45, 2.75) is 17.3 Å². The molecule has 3 aromatic heterocycles. The summed E-state index contributed by atoms with van der Waals surface area (Å²) < 4.78 is 53.1. The number of aromatic amines is 1. The third-order valence-electron chi connectivity index (χ3n) is 5.21. The second-order valence-corrected chi connectivity index (χ2v) is 8.46. The minimum Gasteiger partial charge on any atom is -0.463 e. The van der Waals surface area contributed by atoms with Crippen molar-refractivity contribution in [3.8, 4) is 11.4 Å². The van der Waals surface area contributed by atoms with Gasteiger partial charge < -0.3 is 18.9 Å². The summed E-state index contributed by atoms with van der Waals surface area (Å²) in [6, 6.07) is 15.3. The summed E-state index contributed by atoms with van der Waals surface area (Å²) in [5, 5.41) is 1.02. The molecule has 0 radical (unpaired) electrons. The van der Waals surface area contributed by atoms with Gasteiger partial charge in [-0.2, -0.15) is 0 Å². The van der Waals surface area contributed by atoms with Crippen molar-refractivity contribution in [1.29, 1.82) is 0 Å². The van der Waals surface area contributed by atoms with E-state index >= 15 is 0 Å². The average Bonchev–Trinajstić information content (AvgIpc) is 3.47. The van der Waals surface area contributed by atoms with Crippen LogP contribution in [0.5, 0.6) is 5.75 Å². The number of para-hydroxylation sites is 1. The van der Waals surface area contributed by atoms with Gasteiger partial charge in [-0.1, -0.05) is 30.0 Å². The van der Waals surface area contributed by atoms with Crippen LogP contribution in [-0.4, -0.2) is 34.0 Å². The summed E-state index contributed by atoms with van der Waals surface area (Å²) in [6.07, 6.45) is -4.84. The first-order chi connectivity index (χ1) is 17.2. The molecule has 5 aromatic rings. The number of nitrogens with one attached hydrogen (secondary N) is 1. The van der Waals surface area contributed by atoms with E-state index in [0.29, 0.717) is 22.5 Å². The molecule has 0 atom stereocenters.